The monoisotopic (exact) mass is 621 g/mol. The molecule has 3 aromatic rings. The molecular formula is C31H28ClN3O9. The molecule has 0 saturated heterocycles. The third-order valence-electron chi connectivity index (χ3n) is 8.74. The molecule has 2 aromatic carbocycles. The molecule has 0 radical (unpaired) electrons. The van der Waals surface area contributed by atoms with Gasteiger partial charge in [0.1, 0.15) is 27.9 Å². The highest BCUT2D eigenvalue weighted by atomic mass is 35.5. The molecule has 44 heavy (non-hydrogen) atoms. The number of halogens is 1. The minimum atomic E-state index is -2.03. The van der Waals surface area contributed by atoms with Crippen LogP contribution in [0.25, 0.3) is 0 Å². The van der Waals surface area contributed by atoms with Crippen LogP contribution in [0, 0.1) is 5.92 Å². The third-order valence-corrected chi connectivity index (χ3v) is 9.10. The van der Waals surface area contributed by atoms with E-state index in [-0.39, 0.29) is 56.8 Å². The maximum absolute atomic E-state index is 14.9. The number of aromatic nitrogens is 2. The van der Waals surface area contributed by atoms with Crippen LogP contribution in [0.2, 0.25) is 5.02 Å². The molecule has 2 aliphatic heterocycles. The third kappa shape index (κ3) is 3.73. The predicted octanol–water partition coefficient (Wildman–Crippen LogP) is 2.98. The van der Waals surface area contributed by atoms with Crippen molar-refractivity contribution in [1.82, 2.24) is 9.13 Å². The number of nitrogens with one attached hydrogen (secondary N) is 1. The van der Waals surface area contributed by atoms with Crippen molar-refractivity contribution in [1.29, 1.82) is 0 Å². The molecule has 1 spiro atoms. The Morgan fingerprint density at radius 2 is 1.66 bits per heavy atom. The van der Waals surface area contributed by atoms with Gasteiger partial charge in [-0.15, -0.1) is 0 Å². The first-order chi connectivity index (χ1) is 20.9. The van der Waals surface area contributed by atoms with Crippen LogP contribution in [0.1, 0.15) is 51.1 Å². The van der Waals surface area contributed by atoms with Crippen LogP contribution in [-0.2, 0) is 23.6 Å². The Kier molecular flexibility index (Phi) is 6.73. The maximum Gasteiger partial charge on any atom is 0.337 e. The van der Waals surface area contributed by atoms with Gasteiger partial charge < -0.3 is 24.3 Å². The van der Waals surface area contributed by atoms with Crippen molar-refractivity contribution in [3.05, 3.63) is 89.7 Å². The summed E-state index contributed by atoms with van der Waals surface area (Å²) in [7, 11) is 6.91. The number of rotatable bonds is 4. The van der Waals surface area contributed by atoms with Crippen molar-refractivity contribution in [2.24, 2.45) is 20.0 Å². The zero-order valence-corrected chi connectivity index (χ0v) is 25.5. The molecule has 228 valence electrons. The van der Waals surface area contributed by atoms with Gasteiger partial charge in [0, 0.05) is 43.3 Å². The summed E-state index contributed by atoms with van der Waals surface area (Å²) in [6, 6.07) is 7.71. The molecule has 3 atom stereocenters. The van der Waals surface area contributed by atoms with Crippen LogP contribution in [-0.4, -0.2) is 53.6 Å². The fourth-order valence-corrected chi connectivity index (χ4v) is 6.72. The van der Waals surface area contributed by atoms with E-state index in [2.05, 4.69) is 5.32 Å². The van der Waals surface area contributed by atoms with E-state index in [9.17, 15) is 24.0 Å². The number of carbonyl (C=O) groups excluding carboxylic acids is 3. The molecule has 12 nitrogen and oxygen atoms in total. The molecule has 3 aliphatic rings. The number of benzene rings is 2. The first-order valence-corrected chi connectivity index (χ1v) is 14.0. The number of ketones is 2. The maximum atomic E-state index is 14.9. The van der Waals surface area contributed by atoms with Crippen molar-refractivity contribution in [2.45, 2.75) is 24.9 Å². The van der Waals surface area contributed by atoms with Gasteiger partial charge in [0.2, 0.25) is 17.2 Å². The zero-order valence-electron chi connectivity index (χ0n) is 24.7. The minimum Gasteiger partial charge on any atom is -0.496 e. The van der Waals surface area contributed by atoms with Crippen LogP contribution in [0.15, 0.2) is 51.2 Å². The summed E-state index contributed by atoms with van der Waals surface area (Å²) < 4.78 is 24.2. The van der Waals surface area contributed by atoms with Crippen molar-refractivity contribution < 1.29 is 33.3 Å². The Morgan fingerprint density at radius 3 is 2.27 bits per heavy atom. The Balaban J connectivity index is 1.60. The molecule has 1 aliphatic carbocycles. The van der Waals surface area contributed by atoms with Crippen LogP contribution in [0.4, 0.5) is 5.82 Å². The molecule has 13 heteroatoms. The van der Waals surface area contributed by atoms with Crippen molar-refractivity contribution >= 4 is 35.0 Å². The molecule has 6 rings (SSSR count). The lowest BCUT2D eigenvalue weighted by Crippen LogP contribution is -2.58. The number of Topliss-reactive ketones (excluding diaryl/α,β-unsaturated/α-hetero) is 2. The average Bonchev–Trinajstić information content (AvgIpc) is 3.35. The predicted molar refractivity (Wildman–Crippen MR) is 158 cm³/mol. The molecule has 0 unspecified atom stereocenters. The number of anilines is 1. The second-order valence-electron chi connectivity index (χ2n) is 10.9. The molecule has 1 N–H and O–H groups in total. The fourth-order valence-electron chi connectivity index (χ4n) is 6.45. The molecule has 0 fully saturated rings. The Morgan fingerprint density at radius 1 is 1.00 bits per heavy atom. The second-order valence-corrected chi connectivity index (χ2v) is 11.3. The van der Waals surface area contributed by atoms with E-state index in [4.69, 9.17) is 30.5 Å². The van der Waals surface area contributed by atoms with E-state index in [0.717, 1.165) is 4.57 Å². The summed E-state index contributed by atoms with van der Waals surface area (Å²) in [4.78, 5) is 68.0. The smallest absolute Gasteiger partial charge is 0.337 e. The highest BCUT2D eigenvalue weighted by Gasteiger charge is 2.63. The van der Waals surface area contributed by atoms with Gasteiger partial charge in [-0.05, 0) is 24.1 Å². The van der Waals surface area contributed by atoms with E-state index in [1.54, 1.807) is 19.1 Å². The second kappa shape index (κ2) is 10.1. The number of esters is 1. The summed E-state index contributed by atoms with van der Waals surface area (Å²) in [5.41, 5.74) is -1.77. The van der Waals surface area contributed by atoms with Gasteiger partial charge >= 0.3 is 11.7 Å². The lowest BCUT2D eigenvalue weighted by molar-refractivity contribution is -0.130. The first-order valence-electron chi connectivity index (χ1n) is 13.6. The van der Waals surface area contributed by atoms with E-state index >= 15 is 0 Å². The number of methoxy groups -OCH3 is 3. The van der Waals surface area contributed by atoms with E-state index < -0.39 is 46.2 Å². The lowest BCUT2D eigenvalue weighted by Gasteiger charge is -2.42. The zero-order chi connectivity index (χ0) is 31.8. The Labute approximate surface area is 255 Å². The number of allylic oxidation sites excluding steroid dienone is 1. The summed E-state index contributed by atoms with van der Waals surface area (Å²) in [5.74, 6) is -3.06. The molecular weight excluding hydrogens is 594 g/mol. The first kappa shape index (κ1) is 29.2. The van der Waals surface area contributed by atoms with Crippen LogP contribution in [0.5, 0.6) is 17.2 Å². The molecule has 1 aromatic heterocycles. The number of hydrogen-bond acceptors (Lipinski definition) is 10. The number of fused-ring (bicyclic) bond motifs is 2. The standard InChI is InChI=1S/C31H28ClN3O9/c1-13-11-16-20(25(36)31(13)26(37)21-17(41-4)12-18(42-5)23(32)24(21)44-31)19(14-7-9-15(10-8-14)29(39)43-6)22-27(33-16)34(2)30(40)35(3)28(22)38/h7-10,12-13,19,33H,11H2,1-6H3/t13-,19-,31+/m1/s1. The number of hydrogen-bond donors (Lipinski definition) is 1. The van der Waals surface area contributed by atoms with Gasteiger partial charge in [-0.2, -0.15) is 0 Å². The van der Waals surface area contributed by atoms with Gasteiger partial charge in [0.05, 0.1) is 32.5 Å². The summed E-state index contributed by atoms with van der Waals surface area (Å²) >= 11 is 6.59. The highest BCUT2D eigenvalue weighted by Crippen LogP contribution is 2.56. The van der Waals surface area contributed by atoms with Gasteiger partial charge in [0.15, 0.2) is 5.75 Å². The van der Waals surface area contributed by atoms with E-state index in [0.29, 0.717) is 11.3 Å². The molecule has 3 heterocycles. The topological polar surface area (TPSA) is 144 Å². The lowest BCUT2D eigenvalue weighted by atomic mass is 9.66. The number of ether oxygens (including phenoxy) is 4. The van der Waals surface area contributed by atoms with E-state index in [1.165, 1.54) is 58.2 Å². The number of nitrogens with zero attached hydrogens (tertiary/aromatic N) is 2. The largest absolute Gasteiger partial charge is 0.496 e. The SMILES string of the molecule is COC(=O)c1ccc([C@@H]2C3=C(C[C@@H](C)[C@]4(Oc5c(Cl)c(OC)cc(OC)c5C4=O)C3=O)Nc3c2c(=O)n(C)c(=O)n3C)cc1. The molecule has 0 amide bonds. The Bertz CT molecular complexity index is 1960. The van der Waals surface area contributed by atoms with E-state index in [1.807, 2.05) is 0 Å². The summed E-state index contributed by atoms with van der Waals surface area (Å²) in [6.45, 7) is 1.71. The van der Waals surface area contributed by atoms with Crippen molar-refractivity contribution in [3.8, 4) is 17.2 Å². The highest BCUT2D eigenvalue weighted by molar-refractivity contribution is 6.36. The van der Waals surface area contributed by atoms with Crippen LogP contribution >= 0.6 is 11.6 Å². The minimum absolute atomic E-state index is 0.0132. The molecule has 0 saturated carbocycles. The molecule has 0 bridgehead atoms. The van der Waals surface area contributed by atoms with Crippen molar-refractivity contribution in [3.63, 3.8) is 0 Å². The van der Waals surface area contributed by atoms with Crippen LogP contribution < -0.4 is 30.8 Å². The Hall–Kier alpha value is -4.84. The normalized spacial score (nSPS) is 21.7. The van der Waals surface area contributed by atoms with Gasteiger partial charge in [-0.1, -0.05) is 30.7 Å². The summed E-state index contributed by atoms with van der Waals surface area (Å²) in [6.07, 6.45) is 0.150. The van der Waals surface area contributed by atoms with Crippen molar-refractivity contribution in [2.75, 3.05) is 26.6 Å². The fraction of sp³-hybridized carbons (Fsp3) is 0.323. The number of carbonyl (C=O) groups is 3. The average molecular weight is 622 g/mol. The van der Waals surface area contributed by atoms with Gasteiger partial charge in [-0.3, -0.25) is 23.5 Å². The van der Waals surface area contributed by atoms with Gasteiger partial charge in [0.25, 0.3) is 5.56 Å². The van der Waals surface area contributed by atoms with Gasteiger partial charge in [-0.25, -0.2) is 9.59 Å². The van der Waals surface area contributed by atoms with Crippen LogP contribution in [0.3, 0.4) is 0 Å². The summed E-state index contributed by atoms with van der Waals surface area (Å²) in [5, 5.41) is 3.18. The quantitative estimate of drug-likeness (QED) is 0.341.